The Labute approximate surface area is 232 Å². The summed E-state index contributed by atoms with van der Waals surface area (Å²) in [6.07, 6.45) is 17.4. The lowest BCUT2D eigenvalue weighted by Gasteiger charge is -2.33. The minimum absolute atomic E-state index is 0.249. The van der Waals surface area contributed by atoms with Crippen molar-refractivity contribution in [3.63, 3.8) is 0 Å². The molecular weight excluding hydrogens is 464 g/mol. The van der Waals surface area contributed by atoms with Crippen LogP contribution in [-0.4, -0.2) is 104 Å². The summed E-state index contributed by atoms with van der Waals surface area (Å²) in [6.45, 7) is 12.3. The maximum absolute atomic E-state index is 6.26. The van der Waals surface area contributed by atoms with Crippen LogP contribution in [-0.2, 0) is 18.9 Å². The molecule has 0 aromatic carbocycles. The van der Waals surface area contributed by atoms with Crippen LogP contribution in [0, 0.1) is 5.41 Å². The van der Waals surface area contributed by atoms with Crippen molar-refractivity contribution < 1.29 is 18.9 Å². The topological polar surface area (TPSA) is 43.4 Å². The third-order valence-corrected chi connectivity index (χ3v) is 6.71. The Bertz CT molecular complexity index is 409. The molecule has 0 unspecified atom stereocenters. The summed E-state index contributed by atoms with van der Waals surface area (Å²) in [7, 11) is 8.44. The first kappa shape index (κ1) is 36.8. The molecule has 0 saturated heterocycles. The summed E-state index contributed by atoms with van der Waals surface area (Å²) in [6, 6.07) is 0. The van der Waals surface area contributed by atoms with E-state index in [-0.39, 0.29) is 5.41 Å². The van der Waals surface area contributed by atoms with Crippen molar-refractivity contribution in [2.24, 2.45) is 5.41 Å². The van der Waals surface area contributed by atoms with Crippen LogP contribution >= 0.6 is 0 Å². The minimum Gasteiger partial charge on any atom is -0.381 e. The Morgan fingerprint density at radius 2 is 0.703 bits per heavy atom. The van der Waals surface area contributed by atoms with Crippen LogP contribution in [0.5, 0.6) is 0 Å². The summed E-state index contributed by atoms with van der Waals surface area (Å²) in [4.78, 5) is 4.41. The zero-order chi connectivity index (χ0) is 27.5. The van der Waals surface area contributed by atoms with Crippen LogP contribution in [0.2, 0.25) is 0 Å². The van der Waals surface area contributed by atoms with Gasteiger partial charge in [0, 0.05) is 26.4 Å². The molecule has 37 heavy (non-hydrogen) atoms. The lowest BCUT2D eigenvalue weighted by molar-refractivity contribution is -0.108. The summed E-state index contributed by atoms with van der Waals surface area (Å²) < 4.78 is 25.0. The first-order valence-electron chi connectivity index (χ1n) is 15.6. The molecule has 0 aromatic heterocycles. The molecule has 0 atom stereocenters. The van der Waals surface area contributed by atoms with Crippen molar-refractivity contribution in [1.29, 1.82) is 0 Å². The van der Waals surface area contributed by atoms with E-state index in [0.717, 1.165) is 65.2 Å². The average Bonchev–Trinajstić information content (AvgIpc) is 2.86. The molecule has 0 saturated carbocycles. The second-order valence-corrected chi connectivity index (χ2v) is 11.6. The van der Waals surface area contributed by atoms with Crippen LogP contribution in [0.3, 0.4) is 0 Å². The standard InChI is InChI=1S/C31H66N2O4/c1-7-9-11-13-15-17-23-34-27-31(29-36-25-19-21-32(3)4,30-37-26-20-22-33(5)6)28-35-24-18-16-14-12-10-8-2/h7-30H2,1-6H3. The van der Waals surface area contributed by atoms with Gasteiger partial charge in [-0.1, -0.05) is 78.1 Å². The SMILES string of the molecule is CCCCCCCCOCC(COCCCCCCCC)(COCCCN(C)C)COCCCN(C)C. The fourth-order valence-electron chi connectivity index (χ4n) is 4.34. The van der Waals surface area contributed by atoms with Gasteiger partial charge in [-0.2, -0.15) is 0 Å². The Kier molecular flexibility index (Phi) is 27.2. The van der Waals surface area contributed by atoms with Gasteiger partial charge in [-0.05, 0) is 67.0 Å². The van der Waals surface area contributed by atoms with Crippen LogP contribution in [0.15, 0.2) is 0 Å². The molecule has 0 spiro atoms. The molecule has 0 amide bonds. The highest BCUT2D eigenvalue weighted by molar-refractivity contribution is 4.79. The van der Waals surface area contributed by atoms with E-state index in [1.807, 2.05) is 0 Å². The number of hydrogen-bond acceptors (Lipinski definition) is 6. The minimum atomic E-state index is -0.249. The van der Waals surface area contributed by atoms with Gasteiger partial charge in [0.25, 0.3) is 0 Å². The maximum Gasteiger partial charge on any atom is 0.0637 e. The molecule has 0 fully saturated rings. The smallest absolute Gasteiger partial charge is 0.0637 e. The third-order valence-electron chi connectivity index (χ3n) is 6.71. The van der Waals surface area contributed by atoms with Crippen molar-refractivity contribution in [2.45, 2.75) is 104 Å². The lowest BCUT2D eigenvalue weighted by atomic mass is 9.92. The van der Waals surface area contributed by atoms with Gasteiger partial charge >= 0.3 is 0 Å². The van der Waals surface area contributed by atoms with Gasteiger partial charge in [-0.25, -0.2) is 0 Å². The molecule has 224 valence electrons. The average molecular weight is 531 g/mol. The highest BCUT2D eigenvalue weighted by Crippen LogP contribution is 2.22. The molecule has 0 rings (SSSR count). The highest BCUT2D eigenvalue weighted by Gasteiger charge is 2.32. The monoisotopic (exact) mass is 531 g/mol. The zero-order valence-electron chi connectivity index (χ0n) is 26.0. The summed E-state index contributed by atoms with van der Waals surface area (Å²) in [5.74, 6) is 0. The number of ether oxygens (including phenoxy) is 4. The van der Waals surface area contributed by atoms with Gasteiger partial charge in [0.1, 0.15) is 0 Å². The van der Waals surface area contributed by atoms with E-state index in [9.17, 15) is 0 Å². The highest BCUT2D eigenvalue weighted by atomic mass is 16.5. The number of hydrogen-bond donors (Lipinski definition) is 0. The van der Waals surface area contributed by atoms with E-state index < -0.39 is 0 Å². The summed E-state index contributed by atoms with van der Waals surface area (Å²) in [5.41, 5.74) is -0.249. The van der Waals surface area contributed by atoms with Crippen molar-refractivity contribution >= 4 is 0 Å². The Hall–Kier alpha value is -0.240. The van der Waals surface area contributed by atoms with Crippen molar-refractivity contribution in [3.8, 4) is 0 Å². The molecule has 6 heteroatoms. The van der Waals surface area contributed by atoms with E-state index in [4.69, 9.17) is 18.9 Å². The van der Waals surface area contributed by atoms with Crippen molar-refractivity contribution in [3.05, 3.63) is 0 Å². The molecule has 0 aliphatic rings. The van der Waals surface area contributed by atoms with E-state index >= 15 is 0 Å². The van der Waals surface area contributed by atoms with Gasteiger partial charge in [-0.3, -0.25) is 0 Å². The van der Waals surface area contributed by atoms with Gasteiger partial charge in [0.15, 0.2) is 0 Å². The maximum atomic E-state index is 6.26. The fraction of sp³-hybridized carbons (Fsp3) is 1.00. The van der Waals surface area contributed by atoms with E-state index in [2.05, 4.69) is 51.8 Å². The Morgan fingerprint density at radius 3 is 1.03 bits per heavy atom. The molecule has 0 aliphatic heterocycles. The lowest BCUT2D eigenvalue weighted by Crippen LogP contribution is -2.42. The first-order valence-corrected chi connectivity index (χ1v) is 15.6. The van der Waals surface area contributed by atoms with Crippen LogP contribution < -0.4 is 0 Å². The number of nitrogens with zero attached hydrogens (tertiary/aromatic N) is 2. The molecule has 6 nitrogen and oxygen atoms in total. The van der Waals surface area contributed by atoms with Crippen LogP contribution in [0.25, 0.3) is 0 Å². The quantitative estimate of drug-likeness (QED) is 0.0967. The second kappa shape index (κ2) is 27.3. The largest absolute Gasteiger partial charge is 0.381 e. The molecular formula is C31H66N2O4. The normalized spacial score (nSPS) is 12.3. The van der Waals surface area contributed by atoms with E-state index in [1.54, 1.807) is 0 Å². The van der Waals surface area contributed by atoms with Gasteiger partial charge in [-0.15, -0.1) is 0 Å². The molecule has 0 aliphatic carbocycles. The zero-order valence-corrected chi connectivity index (χ0v) is 26.0. The summed E-state index contributed by atoms with van der Waals surface area (Å²) >= 11 is 0. The van der Waals surface area contributed by atoms with Crippen molar-refractivity contribution in [1.82, 2.24) is 9.80 Å². The first-order chi connectivity index (χ1) is 18.0. The Morgan fingerprint density at radius 1 is 0.405 bits per heavy atom. The van der Waals surface area contributed by atoms with E-state index in [1.165, 1.54) is 64.2 Å². The fourth-order valence-corrected chi connectivity index (χ4v) is 4.34. The van der Waals surface area contributed by atoms with Crippen molar-refractivity contribution in [2.75, 3.05) is 94.1 Å². The molecule has 0 aromatic rings. The van der Waals surface area contributed by atoms with E-state index in [0.29, 0.717) is 26.4 Å². The molecule has 0 N–H and O–H groups in total. The predicted molar refractivity (Wildman–Crippen MR) is 159 cm³/mol. The second-order valence-electron chi connectivity index (χ2n) is 11.6. The van der Waals surface area contributed by atoms with Crippen LogP contribution in [0.1, 0.15) is 104 Å². The molecule has 0 radical (unpaired) electrons. The number of rotatable bonds is 30. The summed E-state index contributed by atoms with van der Waals surface area (Å²) in [5, 5.41) is 0. The van der Waals surface area contributed by atoms with Gasteiger partial charge in [0.2, 0.25) is 0 Å². The predicted octanol–water partition coefficient (Wildman–Crippen LogP) is 6.66. The third kappa shape index (κ3) is 25.8. The van der Waals surface area contributed by atoms with Gasteiger partial charge < -0.3 is 28.7 Å². The Balaban J connectivity index is 4.80. The molecule has 0 bridgehead atoms. The van der Waals surface area contributed by atoms with Gasteiger partial charge in [0.05, 0.1) is 31.8 Å². The van der Waals surface area contributed by atoms with Crippen LogP contribution in [0.4, 0.5) is 0 Å². The number of unbranched alkanes of at least 4 members (excludes halogenated alkanes) is 10. The molecule has 0 heterocycles.